The van der Waals surface area contributed by atoms with Crippen LogP contribution in [0.15, 0.2) is 30.5 Å². The molecule has 2 heterocycles. The summed E-state index contributed by atoms with van der Waals surface area (Å²) in [5, 5.41) is 18.4. The molecule has 0 atom stereocenters. The summed E-state index contributed by atoms with van der Waals surface area (Å²) in [4.78, 5) is 11.6. The van der Waals surface area contributed by atoms with E-state index in [1.807, 2.05) is 31.2 Å². The van der Waals surface area contributed by atoms with Gasteiger partial charge in [0, 0.05) is 5.56 Å². The molecule has 5 heteroatoms. The van der Waals surface area contributed by atoms with Crippen molar-refractivity contribution in [2.45, 2.75) is 6.92 Å². The lowest BCUT2D eigenvalue weighted by atomic mass is 10.1. The number of benzene rings is 1. The first-order valence-electron chi connectivity index (χ1n) is 5.73. The Hall–Kier alpha value is -2.87. The van der Waals surface area contributed by atoms with Crippen molar-refractivity contribution in [2.24, 2.45) is 0 Å². The molecule has 1 aromatic carbocycles. The molecular weight excluding hydrogens is 240 g/mol. The van der Waals surface area contributed by atoms with Crippen molar-refractivity contribution in [1.29, 1.82) is 5.26 Å². The van der Waals surface area contributed by atoms with Crippen molar-refractivity contribution in [3.63, 3.8) is 0 Å². The predicted molar refractivity (Wildman–Crippen MR) is 70.4 cm³/mol. The molecule has 0 spiro atoms. The molecule has 0 saturated carbocycles. The smallest absolute Gasteiger partial charge is 0.151 e. The first-order valence-corrected chi connectivity index (χ1v) is 5.73. The molecule has 3 aromatic rings. The Bertz CT molecular complexity index is 814. The highest BCUT2D eigenvalue weighted by Crippen LogP contribution is 2.25. The van der Waals surface area contributed by atoms with Crippen LogP contribution in [0.3, 0.4) is 0 Å². The van der Waals surface area contributed by atoms with Gasteiger partial charge in [0.25, 0.3) is 0 Å². The van der Waals surface area contributed by atoms with Crippen molar-refractivity contribution < 1.29 is 5.11 Å². The van der Waals surface area contributed by atoms with Gasteiger partial charge in [0.1, 0.15) is 11.9 Å². The minimum Gasteiger partial charge on any atom is -0.505 e. The Morgan fingerprint density at radius 2 is 2.16 bits per heavy atom. The maximum absolute atomic E-state index is 9.46. The van der Waals surface area contributed by atoms with E-state index in [9.17, 15) is 5.11 Å². The van der Waals surface area contributed by atoms with E-state index >= 15 is 0 Å². The molecular formula is C14H10N4O. The van der Waals surface area contributed by atoms with Gasteiger partial charge in [0.15, 0.2) is 5.75 Å². The fraction of sp³-hybridized carbons (Fsp3) is 0.0714. The van der Waals surface area contributed by atoms with Crippen LogP contribution in [0.25, 0.3) is 22.3 Å². The van der Waals surface area contributed by atoms with Crippen LogP contribution in [0.2, 0.25) is 0 Å². The molecule has 92 valence electrons. The quantitative estimate of drug-likeness (QED) is 0.694. The Balaban J connectivity index is 2.16. The molecule has 0 aliphatic rings. The maximum atomic E-state index is 9.46. The number of nitrogens with one attached hydrogen (secondary N) is 1. The first-order chi connectivity index (χ1) is 9.17. The molecule has 0 radical (unpaired) electrons. The number of aromatic hydroxyl groups is 1. The molecule has 5 nitrogen and oxygen atoms in total. The van der Waals surface area contributed by atoms with Crippen LogP contribution in [0.1, 0.15) is 11.4 Å². The number of nitriles is 1. The Morgan fingerprint density at radius 1 is 1.32 bits per heavy atom. The minimum absolute atomic E-state index is 0.107. The van der Waals surface area contributed by atoms with E-state index in [4.69, 9.17) is 5.26 Å². The van der Waals surface area contributed by atoms with Crippen LogP contribution in [0.4, 0.5) is 0 Å². The van der Waals surface area contributed by atoms with Gasteiger partial charge in [0.05, 0.1) is 28.5 Å². The second kappa shape index (κ2) is 4.10. The zero-order valence-electron chi connectivity index (χ0n) is 10.2. The number of aromatic amines is 1. The van der Waals surface area contributed by atoms with E-state index in [0.717, 1.165) is 22.4 Å². The first kappa shape index (κ1) is 11.2. The molecule has 0 saturated heterocycles. The summed E-state index contributed by atoms with van der Waals surface area (Å²) >= 11 is 0. The van der Waals surface area contributed by atoms with Crippen molar-refractivity contribution >= 4 is 11.0 Å². The summed E-state index contributed by atoms with van der Waals surface area (Å²) in [6.45, 7) is 1.90. The summed E-state index contributed by atoms with van der Waals surface area (Å²) in [5.41, 5.74) is 3.53. The van der Waals surface area contributed by atoms with Crippen LogP contribution in [0, 0.1) is 18.3 Å². The number of pyridine rings is 1. The number of imidazole rings is 1. The number of hydrogen-bond donors (Lipinski definition) is 2. The second-order valence-electron chi connectivity index (χ2n) is 4.25. The van der Waals surface area contributed by atoms with E-state index in [1.54, 1.807) is 6.07 Å². The Labute approximate surface area is 109 Å². The van der Waals surface area contributed by atoms with Crippen LogP contribution in [-0.2, 0) is 0 Å². The topological polar surface area (TPSA) is 85.6 Å². The van der Waals surface area contributed by atoms with Gasteiger partial charge in [-0.1, -0.05) is 6.07 Å². The number of fused-ring (bicyclic) bond motifs is 1. The SMILES string of the molecule is Cc1nc2ccc(-c3cc(C#N)c(O)cn3)cc2[nH]1. The fourth-order valence-corrected chi connectivity index (χ4v) is 1.99. The summed E-state index contributed by atoms with van der Waals surface area (Å²) in [6, 6.07) is 9.22. The monoisotopic (exact) mass is 250 g/mol. The van der Waals surface area contributed by atoms with Crippen LogP contribution in [0.5, 0.6) is 5.75 Å². The number of nitrogens with zero attached hydrogens (tertiary/aromatic N) is 3. The van der Waals surface area contributed by atoms with E-state index in [2.05, 4.69) is 15.0 Å². The third-order valence-electron chi connectivity index (χ3n) is 2.90. The molecule has 0 fully saturated rings. The van der Waals surface area contributed by atoms with Gasteiger partial charge in [-0.25, -0.2) is 4.98 Å². The number of aromatic nitrogens is 3. The normalized spacial score (nSPS) is 10.5. The molecule has 0 aliphatic heterocycles. The predicted octanol–water partition coefficient (Wildman–Crippen LogP) is 2.51. The molecule has 3 rings (SSSR count). The van der Waals surface area contributed by atoms with Crippen LogP contribution < -0.4 is 0 Å². The highest BCUT2D eigenvalue weighted by Gasteiger charge is 2.07. The van der Waals surface area contributed by atoms with E-state index in [-0.39, 0.29) is 11.3 Å². The van der Waals surface area contributed by atoms with Gasteiger partial charge in [0.2, 0.25) is 0 Å². The number of H-pyrrole nitrogens is 1. The van der Waals surface area contributed by atoms with Crippen molar-refractivity contribution in [1.82, 2.24) is 15.0 Å². The number of rotatable bonds is 1. The Kier molecular flexibility index (Phi) is 2.43. The fourth-order valence-electron chi connectivity index (χ4n) is 1.99. The van der Waals surface area contributed by atoms with E-state index in [0.29, 0.717) is 5.69 Å². The van der Waals surface area contributed by atoms with Gasteiger partial charge in [-0.3, -0.25) is 4.98 Å². The lowest BCUT2D eigenvalue weighted by Gasteiger charge is -2.02. The third kappa shape index (κ3) is 1.89. The Morgan fingerprint density at radius 3 is 2.95 bits per heavy atom. The molecule has 0 unspecified atom stereocenters. The molecule has 0 bridgehead atoms. The lowest BCUT2D eigenvalue weighted by Crippen LogP contribution is -1.86. The summed E-state index contributed by atoms with van der Waals surface area (Å²) in [6.07, 6.45) is 1.29. The molecule has 0 aliphatic carbocycles. The van der Waals surface area contributed by atoms with Gasteiger partial charge in [-0.05, 0) is 25.1 Å². The number of aryl methyl sites for hydroxylation is 1. The standard InChI is InChI=1S/C14H10N4O/c1-8-17-11-3-2-9(4-13(11)18-8)12-5-10(6-15)14(19)7-16-12/h2-5,7,19H,1H3,(H,17,18). The molecule has 0 amide bonds. The van der Waals surface area contributed by atoms with Gasteiger partial charge in [-0.15, -0.1) is 0 Å². The van der Waals surface area contributed by atoms with Crippen molar-refractivity contribution in [3.05, 3.63) is 41.9 Å². The van der Waals surface area contributed by atoms with E-state index < -0.39 is 0 Å². The average Bonchev–Trinajstić information content (AvgIpc) is 2.78. The molecule has 19 heavy (non-hydrogen) atoms. The highest BCUT2D eigenvalue weighted by atomic mass is 16.3. The highest BCUT2D eigenvalue weighted by molar-refractivity contribution is 5.81. The largest absolute Gasteiger partial charge is 0.505 e. The average molecular weight is 250 g/mol. The van der Waals surface area contributed by atoms with Crippen molar-refractivity contribution in [3.8, 4) is 23.1 Å². The van der Waals surface area contributed by atoms with Crippen LogP contribution >= 0.6 is 0 Å². The third-order valence-corrected chi connectivity index (χ3v) is 2.90. The number of hydrogen-bond acceptors (Lipinski definition) is 4. The second-order valence-corrected chi connectivity index (χ2v) is 4.25. The maximum Gasteiger partial charge on any atom is 0.151 e. The van der Waals surface area contributed by atoms with E-state index in [1.165, 1.54) is 6.20 Å². The summed E-state index contributed by atoms with van der Waals surface area (Å²) in [7, 11) is 0. The molecule has 2 aromatic heterocycles. The zero-order valence-corrected chi connectivity index (χ0v) is 10.2. The summed E-state index contributed by atoms with van der Waals surface area (Å²) in [5.74, 6) is 0.744. The molecule has 2 N–H and O–H groups in total. The van der Waals surface area contributed by atoms with Crippen LogP contribution in [-0.4, -0.2) is 20.1 Å². The minimum atomic E-state index is -0.107. The van der Waals surface area contributed by atoms with Gasteiger partial charge < -0.3 is 10.1 Å². The zero-order chi connectivity index (χ0) is 13.4. The van der Waals surface area contributed by atoms with Gasteiger partial charge in [-0.2, -0.15) is 5.26 Å². The lowest BCUT2D eigenvalue weighted by molar-refractivity contribution is 0.471. The van der Waals surface area contributed by atoms with Gasteiger partial charge >= 0.3 is 0 Å². The van der Waals surface area contributed by atoms with Crippen molar-refractivity contribution in [2.75, 3.05) is 0 Å². The summed E-state index contributed by atoms with van der Waals surface area (Å²) < 4.78 is 0.